The van der Waals surface area contributed by atoms with Crippen LogP contribution in [0.3, 0.4) is 0 Å². The summed E-state index contributed by atoms with van der Waals surface area (Å²) in [7, 11) is 4.26. The number of piperidine rings is 1. The molecule has 0 N–H and O–H groups in total. The molecule has 0 amide bonds. The minimum atomic E-state index is -0.142. The highest BCUT2D eigenvalue weighted by atomic mass is 19.1. The van der Waals surface area contributed by atoms with Gasteiger partial charge in [0, 0.05) is 26.3 Å². The normalized spacial score (nSPS) is 20.8. The van der Waals surface area contributed by atoms with Crippen LogP contribution >= 0.6 is 0 Å². The molecule has 1 aliphatic carbocycles. The van der Waals surface area contributed by atoms with E-state index >= 15 is 0 Å². The molecule has 150 valence electrons. The molecule has 3 heteroatoms. The highest BCUT2D eigenvalue weighted by molar-refractivity contribution is 5.50. The number of benzene rings is 2. The predicted octanol–water partition coefficient (Wildman–Crippen LogP) is 4.95. The smallest absolute Gasteiger partial charge is 0.123 e. The molecular formula is C25H33FN2. The van der Waals surface area contributed by atoms with Crippen LogP contribution in [-0.4, -0.2) is 38.6 Å². The molecule has 1 aliphatic heterocycles. The molecule has 28 heavy (non-hydrogen) atoms. The van der Waals surface area contributed by atoms with Crippen LogP contribution in [0.15, 0.2) is 42.5 Å². The first-order valence-electron chi connectivity index (χ1n) is 10.8. The summed E-state index contributed by atoms with van der Waals surface area (Å²) in [6.45, 7) is 3.53. The van der Waals surface area contributed by atoms with Crippen LogP contribution in [0.4, 0.5) is 10.1 Å². The van der Waals surface area contributed by atoms with Gasteiger partial charge < -0.3 is 9.80 Å². The second-order valence-corrected chi connectivity index (χ2v) is 8.91. The lowest BCUT2D eigenvalue weighted by Crippen LogP contribution is -2.38. The van der Waals surface area contributed by atoms with E-state index in [2.05, 4.69) is 42.1 Å². The van der Waals surface area contributed by atoms with Crippen LogP contribution in [0, 0.1) is 17.7 Å². The maximum Gasteiger partial charge on any atom is 0.123 e. The summed E-state index contributed by atoms with van der Waals surface area (Å²) in [4.78, 5) is 4.81. The van der Waals surface area contributed by atoms with Gasteiger partial charge in [-0.1, -0.05) is 18.2 Å². The van der Waals surface area contributed by atoms with E-state index in [0.717, 1.165) is 24.8 Å². The van der Waals surface area contributed by atoms with Gasteiger partial charge in [0.05, 0.1) is 0 Å². The summed E-state index contributed by atoms with van der Waals surface area (Å²) in [6, 6.07) is 14.0. The third kappa shape index (κ3) is 4.57. The number of nitrogens with zero attached hydrogens (tertiary/aromatic N) is 2. The molecule has 0 aromatic heterocycles. The van der Waals surface area contributed by atoms with Gasteiger partial charge in [0.15, 0.2) is 0 Å². The summed E-state index contributed by atoms with van der Waals surface area (Å²) < 4.78 is 13.0. The Balaban J connectivity index is 1.28. The highest BCUT2D eigenvalue weighted by Gasteiger charge is 2.29. The van der Waals surface area contributed by atoms with E-state index in [4.69, 9.17) is 0 Å². The van der Waals surface area contributed by atoms with Crippen molar-refractivity contribution in [2.45, 2.75) is 38.5 Å². The maximum absolute atomic E-state index is 13.0. The minimum Gasteiger partial charge on any atom is -0.378 e. The van der Waals surface area contributed by atoms with Crippen molar-refractivity contribution in [2.75, 3.05) is 38.6 Å². The topological polar surface area (TPSA) is 6.48 Å². The van der Waals surface area contributed by atoms with Crippen LogP contribution in [0.1, 0.15) is 36.0 Å². The molecule has 0 saturated carbocycles. The predicted molar refractivity (Wildman–Crippen MR) is 116 cm³/mol. The van der Waals surface area contributed by atoms with Gasteiger partial charge in [-0.15, -0.1) is 0 Å². The third-order valence-electron chi connectivity index (χ3n) is 6.90. The van der Waals surface area contributed by atoms with Crippen molar-refractivity contribution in [3.05, 3.63) is 65.0 Å². The molecule has 1 atom stereocenters. The number of hydrogen-bond acceptors (Lipinski definition) is 2. The molecule has 2 aromatic carbocycles. The zero-order valence-electron chi connectivity index (χ0n) is 17.3. The average molecular weight is 381 g/mol. The molecule has 2 aromatic rings. The SMILES string of the molecule is CN(C)c1ccc2c(c1)CC(C1CCN(CCc3ccc(F)cc3)CC1)CC2. The van der Waals surface area contributed by atoms with Crippen LogP contribution in [0.25, 0.3) is 0 Å². The van der Waals surface area contributed by atoms with E-state index in [1.54, 1.807) is 23.3 Å². The molecule has 1 fully saturated rings. The molecule has 4 rings (SSSR count). The van der Waals surface area contributed by atoms with E-state index in [1.807, 2.05) is 12.1 Å². The van der Waals surface area contributed by atoms with Gasteiger partial charge in [-0.3, -0.25) is 0 Å². The van der Waals surface area contributed by atoms with E-state index in [1.165, 1.54) is 56.4 Å². The van der Waals surface area contributed by atoms with E-state index in [-0.39, 0.29) is 5.82 Å². The Bertz CT molecular complexity index is 776. The first kappa shape index (κ1) is 19.4. The van der Waals surface area contributed by atoms with Gasteiger partial charge >= 0.3 is 0 Å². The molecule has 1 heterocycles. The van der Waals surface area contributed by atoms with Crippen molar-refractivity contribution in [1.29, 1.82) is 0 Å². The van der Waals surface area contributed by atoms with Gasteiger partial charge in [0.1, 0.15) is 5.82 Å². The Morgan fingerprint density at radius 2 is 1.68 bits per heavy atom. The molecule has 2 nitrogen and oxygen atoms in total. The van der Waals surface area contributed by atoms with Gasteiger partial charge in [-0.25, -0.2) is 4.39 Å². The first-order chi connectivity index (χ1) is 13.6. The summed E-state index contributed by atoms with van der Waals surface area (Å²) in [5.41, 5.74) is 5.72. The van der Waals surface area contributed by atoms with Gasteiger partial charge in [0.2, 0.25) is 0 Å². The lowest BCUT2D eigenvalue weighted by molar-refractivity contribution is 0.140. The van der Waals surface area contributed by atoms with Crippen LogP contribution < -0.4 is 4.90 Å². The second-order valence-electron chi connectivity index (χ2n) is 8.91. The molecule has 0 radical (unpaired) electrons. The standard InChI is InChI=1S/C25H33FN2/c1-27(2)25-10-7-20-5-6-22(17-23(20)18-25)21-12-15-28(16-13-21)14-11-19-3-8-24(26)9-4-19/h3-4,7-10,18,21-22H,5-6,11-17H2,1-2H3. The number of fused-ring (bicyclic) bond motifs is 1. The van der Waals surface area contributed by atoms with Gasteiger partial charge in [0.25, 0.3) is 0 Å². The van der Waals surface area contributed by atoms with Crippen LogP contribution in [0.2, 0.25) is 0 Å². The Kier molecular flexibility index (Phi) is 6.01. The molecule has 0 bridgehead atoms. The maximum atomic E-state index is 13.0. The fraction of sp³-hybridized carbons (Fsp3) is 0.520. The summed E-state index contributed by atoms with van der Waals surface area (Å²) in [5, 5.41) is 0. The Labute approximate surface area is 169 Å². The zero-order valence-corrected chi connectivity index (χ0v) is 17.3. The lowest BCUT2D eigenvalue weighted by atomic mass is 9.73. The van der Waals surface area contributed by atoms with Crippen molar-refractivity contribution < 1.29 is 4.39 Å². The first-order valence-corrected chi connectivity index (χ1v) is 10.8. The van der Waals surface area contributed by atoms with E-state index in [9.17, 15) is 4.39 Å². The number of aryl methyl sites for hydroxylation is 1. The Hall–Kier alpha value is -1.87. The van der Waals surface area contributed by atoms with Crippen molar-refractivity contribution in [3.8, 4) is 0 Å². The number of hydrogen-bond donors (Lipinski definition) is 0. The van der Waals surface area contributed by atoms with Crippen molar-refractivity contribution in [1.82, 2.24) is 4.90 Å². The molecule has 1 saturated heterocycles. The summed E-state index contributed by atoms with van der Waals surface area (Å²) in [6.07, 6.45) is 7.55. The third-order valence-corrected chi connectivity index (χ3v) is 6.90. The number of anilines is 1. The Morgan fingerprint density at radius 3 is 2.39 bits per heavy atom. The van der Waals surface area contributed by atoms with Crippen LogP contribution in [-0.2, 0) is 19.3 Å². The average Bonchev–Trinajstić information content (AvgIpc) is 2.73. The molecule has 0 spiro atoms. The summed E-state index contributed by atoms with van der Waals surface area (Å²) >= 11 is 0. The van der Waals surface area contributed by atoms with E-state index in [0.29, 0.717) is 0 Å². The van der Waals surface area contributed by atoms with Crippen molar-refractivity contribution in [3.63, 3.8) is 0 Å². The number of halogens is 1. The molecule has 1 unspecified atom stereocenters. The quantitative estimate of drug-likeness (QED) is 0.724. The summed E-state index contributed by atoms with van der Waals surface area (Å²) in [5.74, 6) is 1.58. The lowest BCUT2D eigenvalue weighted by Gasteiger charge is -2.38. The van der Waals surface area contributed by atoms with E-state index < -0.39 is 0 Å². The highest BCUT2D eigenvalue weighted by Crippen LogP contribution is 2.36. The number of likely N-dealkylation sites (tertiary alicyclic amines) is 1. The van der Waals surface area contributed by atoms with Crippen LogP contribution in [0.5, 0.6) is 0 Å². The monoisotopic (exact) mass is 380 g/mol. The number of rotatable bonds is 5. The largest absolute Gasteiger partial charge is 0.378 e. The fourth-order valence-corrected chi connectivity index (χ4v) is 5.04. The molecule has 2 aliphatic rings. The van der Waals surface area contributed by atoms with Crippen molar-refractivity contribution in [2.24, 2.45) is 11.8 Å². The fourth-order valence-electron chi connectivity index (χ4n) is 5.04. The van der Waals surface area contributed by atoms with Gasteiger partial charge in [-0.05, 0) is 104 Å². The van der Waals surface area contributed by atoms with Crippen molar-refractivity contribution >= 4 is 5.69 Å². The minimum absolute atomic E-state index is 0.142. The Morgan fingerprint density at radius 1 is 0.929 bits per heavy atom. The van der Waals surface area contributed by atoms with Gasteiger partial charge in [-0.2, -0.15) is 0 Å². The second kappa shape index (κ2) is 8.65. The molecular weight excluding hydrogens is 347 g/mol. The zero-order chi connectivity index (χ0) is 19.5.